The smallest absolute Gasteiger partial charge is 0.408 e. The quantitative estimate of drug-likeness (QED) is 0.334. The monoisotopic (exact) mass is 437 g/mol. The summed E-state index contributed by atoms with van der Waals surface area (Å²) in [6.07, 6.45) is 11.7. The summed E-state index contributed by atoms with van der Waals surface area (Å²) in [5, 5.41) is 5.35. The van der Waals surface area contributed by atoms with Crippen molar-refractivity contribution in [2.24, 2.45) is 5.92 Å². The minimum absolute atomic E-state index is 0.222. The lowest BCUT2D eigenvalue weighted by atomic mass is 10.0. The van der Waals surface area contributed by atoms with E-state index in [0.29, 0.717) is 13.0 Å². The molecule has 0 bridgehead atoms. The Balaban J connectivity index is 2.73. The lowest BCUT2D eigenvalue weighted by Gasteiger charge is -2.32. The zero-order chi connectivity index (χ0) is 23.4. The van der Waals surface area contributed by atoms with Gasteiger partial charge in [-0.15, -0.1) is 0 Å². The maximum atomic E-state index is 13.3. The summed E-state index contributed by atoms with van der Waals surface area (Å²) in [7, 11) is 1.56. The van der Waals surface area contributed by atoms with Crippen molar-refractivity contribution < 1.29 is 19.1 Å². The molecule has 0 spiro atoms. The van der Waals surface area contributed by atoms with Gasteiger partial charge < -0.3 is 20.3 Å². The van der Waals surface area contributed by atoms with E-state index in [4.69, 9.17) is 4.74 Å². The Bertz CT molecular complexity index is 608. The third-order valence-electron chi connectivity index (χ3n) is 5.22. The average Bonchev–Trinajstić information content (AvgIpc) is 3.51. The fourth-order valence-electron chi connectivity index (χ4n) is 3.36. The van der Waals surface area contributed by atoms with E-state index in [0.717, 1.165) is 38.0 Å². The molecule has 0 aliphatic heterocycles. The third-order valence-corrected chi connectivity index (χ3v) is 5.22. The van der Waals surface area contributed by atoms with E-state index < -0.39 is 23.8 Å². The van der Waals surface area contributed by atoms with Gasteiger partial charge in [0.15, 0.2) is 0 Å². The van der Waals surface area contributed by atoms with Crippen molar-refractivity contribution in [3.05, 3.63) is 12.2 Å². The number of amides is 3. The molecule has 1 fully saturated rings. The van der Waals surface area contributed by atoms with Gasteiger partial charge in [-0.3, -0.25) is 9.59 Å². The number of carbonyl (C=O) groups is 3. The van der Waals surface area contributed by atoms with Crippen molar-refractivity contribution in [1.29, 1.82) is 0 Å². The maximum absolute atomic E-state index is 13.3. The summed E-state index contributed by atoms with van der Waals surface area (Å²) in [5.41, 5.74) is -0.649. The van der Waals surface area contributed by atoms with E-state index in [1.165, 1.54) is 12.8 Å². The van der Waals surface area contributed by atoms with Crippen LogP contribution in [0.3, 0.4) is 0 Å². The van der Waals surface area contributed by atoms with Gasteiger partial charge in [0.05, 0.1) is 0 Å². The zero-order valence-corrected chi connectivity index (χ0v) is 20.3. The number of likely N-dealkylation sites (N-methyl/N-ethyl adjacent to an activating group) is 1. The predicted molar refractivity (Wildman–Crippen MR) is 124 cm³/mol. The molecule has 7 heteroatoms. The molecule has 7 nitrogen and oxygen atoms in total. The second-order valence-electron chi connectivity index (χ2n) is 9.42. The SMILES string of the molecule is CCCN(C(=O)[C@H](CCCCC/C=C\C1CC1)NC(=O)OC(C)(C)C)C(C)C(=O)NC. The third kappa shape index (κ3) is 11.2. The lowest BCUT2D eigenvalue weighted by Crippen LogP contribution is -2.55. The Hall–Kier alpha value is -2.05. The summed E-state index contributed by atoms with van der Waals surface area (Å²) in [4.78, 5) is 39.4. The first-order valence-electron chi connectivity index (χ1n) is 11.8. The molecular formula is C24H43N3O4. The van der Waals surface area contributed by atoms with Crippen LogP contribution >= 0.6 is 0 Å². The van der Waals surface area contributed by atoms with Crippen LogP contribution in [0, 0.1) is 5.92 Å². The number of ether oxygens (including phenoxy) is 1. The Labute approximate surface area is 188 Å². The summed E-state index contributed by atoms with van der Waals surface area (Å²) in [6.45, 7) is 9.48. The van der Waals surface area contributed by atoms with Crippen LogP contribution in [0.4, 0.5) is 4.79 Å². The number of alkyl carbamates (subject to hydrolysis) is 1. The van der Waals surface area contributed by atoms with E-state index in [1.807, 2.05) is 6.92 Å². The van der Waals surface area contributed by atoms with E-state index in [9.17, 15) is 14.4 Å². The second kappa shape index (κ2) is 13.4. The van der Waals surface area contributed by atoms with Crippen molar-refractivity contribution in [1.82, 2.24) is 15.5 Å². The molecule has 0 aromatic carbocycles. The molecule has 1 aliphatic rings. The normalized spacial score (nSPS) is 15.9. The minimum Gasteiger partial charge on any atom is -0.444 e. The Morgan fingerprint density at radius 1 is 1.16 bits per heavy atom. The number of allylic oxidation sites excluding steroid dienone is 2. The molecule has 1 unspecified atom stereocenters. The van der Waals surface area contributed by atoms with E-state index in [-0.39, 0.29) is 11.8 Å². The number of hydrogen-bond acceptors (Lipinski definition) is 4. The average molecular weight is 438 g/mol. The first-order chi connectivity index (χ1) is 14.6. The van der Waals surface area contributed by atoms with Crippen molar-refractivity contribution in [2.45, 2.75) is 104 Å². The van der Waals surface area contributed by atoms with Gasteiger partial charge in [-0.25, -0.2) is 4.79 Å². The van der Waals surface area contributed by atoms with Crippen LogP contribution in [-0.4, -0.2) is 54.1 Å². The van der Waals surface area contributed by atoms with Crippen LogP contribution in [0.1, 0.15) is 86.0 Å². The molecule has 1 saturated carbocycles. The summed E-state index contributed by atoms with van der Waals surface area (Å²) in [6, 6.07) is -1.32. The molecule has 1 aliphatic carbocycles. The molecule has 2 atom stereocenters. The molecule has 0 aromatic heterocycles. The molecule has 31 heavy (non-hydrogen) atoms. The van der Waals surface area contributed by atoms with Crippen molar-refractivity contribution in [3.8, 4) is 0 Å². The summed E-state index contributed by atoms with van der Waals surface area (Å²) >= 11 is 0. The summed E-state index contributed by atoms with van der Waals surface area (Å²) < 4.78 is 5.37. The van der Waals surface area contributed by atoms with Crippen LogP contribution in [0.5, 0.6) is 0 Å². The molecular weight excluding hydrogens is 394 g/mol. The van der Waals surface area contributed by atoms with Crippen LogP contribution in [-0.2, 0) is 14.3 Å². The fourth-order valence-corrected chi connectivity index (χ4v) is 3.36. The van der Waals surface area contributed by atoms with Gasteiger partial charge >= 0.3 is 6.09 Å². The van der Waals surface area contributed by atoms with Gasteiger partial charge in [0, 0.05) is 13.6 Å². The van der Waals surface area contributed by atoms with Gasteiger partial charge in [0.25, 0.3) is 0 Å². The van der Waals surface area contributed by atoms with Crippen LogP contribution in [0.15, 0.2) is 12.2 Å². The molecule has 0 heterocycles. The Kier molecular flexibility index (Phi) is 11.6. The number of nitrogens with one attached hydrogen (secondary N) is 2. The number of nitrogens with zero attached hydrogens (tertiary/aromatic N) is 1. The highest BCUT2D eigenvalue weighted by molar-refractivity contribution is 5.91. The van der Waals surface area contributed by atoms with Gasteiger partial charge in [0.2, 0.25) is 11.8 Å². The van der Waals surface area contributed by atoms with E-state index in [2.05, 4.69) is 22.8 Å². The van der Waals surface area contributed by atoms with Crippen LogP contribution < -0.4 is 10.6 Å². The topological polar surface area (TPSA) is 87.7 Å². The molecule has 0 aromatic rings. The molecule has 3 amide bonds. The van der Waals surface area contributed by atoms with Crippen LogP contribution in [0.25, 0.3) is 0 Å². The first-order valence-corrected chi connectivity index (χ1v) is 11.8. The number of rotatable bonds is 13. The molecule has 0 saturated heterocycles. The largest absolute Gasteiger partial charge is 0.444 e. The van der Waals surface area contributed by atoms with Crippen molar-refractivity contribution in [3.63, 3.8) is 0 Å². The highest BCUT2D eigenvalue weighted by Crippen LogP contribution is 2.30. The second-order valence-corrected chi connectivity index (χ2v) is 9.42. The minimum atomic E-state index is -0.712. The first kappa shape index (κ1) is 27.0. The predicted octanol–water partition coefficient (Wildman–Crippen LogP) is 4.17. The van der Waals surface area contributed by atoms with Gasteiger partial charge in [-0.2, -0.15) is 0 Å². The molecule has 178 valence electrons. The number of unbranched alkanes of at least 4 members (excludes halogenated alkanes) is 3. The van der Waals surface area contributed by atoms with E-state index >= 15 is 0 Å². The standard InChI is InChI=1S/C24H43N3O4/c1-7-17-27(18(2)21(28)25-6)22(29)20(26-23(30)31-24(3,4)5)14-12-10-8-9-11-13-19-15-16-19/h11,13,18-20H,7-10,12,14-17H2,1-6H3,(H,25,28)(H,26,30)/b13-11-/t18?,20-/m0/s1. The van der Waals surface area contributed by atoms with Gasteiger partial charge in [-0.05, 0) is 72.1 Å². The maximum Gasteiger partial charge on any atom is 0.408 e. The molecule has 1 rings (SSSR count). The zero-order valence-electron chi connectivity index (χ0n) is 20.3. The summed E-state index contributed by atoms with van der Waals surface area (Å²) in [5.74, 6) is 0.338. The molecule has 2 N–H and O–H groups in total. The Morgan fingerprint density at radius 3 is 2.39 bits per heavy atom. The van der Waals surface area contributed by atoms with E-state index in [1.54, 1.807) is 39.6 Å². The van der Waals surface area contributed by atoms with Crippen LogP contribution in [0.2, 0.25) is 0 Å². The van der Waals surface area contributed by atoms with Crippen molar-refractivity contribution in [2.75, 3.05) is 13.6 Å². The van der Waals surface area contributed by atoms with Gasteiger partial charge in [-0.1, -0.05) is 31.9 Å². The number of hydrogen-bond donors (Lipinski definition) is 2. The highest BCUT2D eigenvalue weighted by Gasteiger charge is 2.32. The highest BCUT2D eigenvalue weighted by atomic mass is 16.6. The Morgan fingerprint density at radius 2 is 1.84 bits per heavy atom. The van der Waals surface area contributed by atoms with Gasteiger partial charge in [0.1, 0.15) is 17.7 Å². The number of carbonyl (C=O) groups excluding carboxylic acids is 3. The lowest BCUT2D eigenvalue weighted by molar-refractivity contribution is -0.141. The fraction of sp³-hybridized carbons (Fsp3) is 0.792. The van der Waals surface area contributed by atoms with Crippen molar-refractivity contribution >= 4 is 17.9 Å². The molecule has 0 radical (unpaired) electrons.